The van der Waals surface area contributed by atoms with Gasteiger partial charge in [-0.25, -0.2) is 0 Å². The average molecular weight is 416 g/mol. The van der Waals surface area contributed by atoms with Crippen LogP contribution in [-0.4, -0.2) is 28.4 Å². The molecule has 2 aromatic heterocycles. The lowest BCUT2D eigenvalue weighted by Crippen LogP contribution is -2.24. The largest absolute Gasteiger partial charge is 0.360 e. The predicted molar refractivity (Wildman–Crippen MR) is 101 cm³/mol. The van der Waals surface area contributed by atoms with Crippen molar-refractivity contribution in [2.75, 3.05) is 6.54 Å². The van der Waals surface area contributed by atoms with Crippen LogP contribution < -0.4 is 5.32 Å². The van der Waals surface area contributed by atoms with E-state index in [-0.39, 0.29) is 11.7 Å². The summed E-state index contributed by atoms with van der Waals surface area (Å²) in [7, 11) is 0. The zero-order chi connectivity index (χ0) is 18.7. The number of aromatic amines is 1. The molecule has 0 aliphatic carbocycles. The lowest BCUT2D eigenvalue weighted by molar-refractivity contribution is 0.0949. The summed E-state index contributed by atoms with van der Waals surface area (Å²) in [6, 6.07) is 9.04. The maximum absolute atomic E-state index is 13.0. The standard InChI is InChI=1S/C19H18BrN3O3/c1-3-7-21-19(25)15-9-13(10-22-15)18(24)16-11(2)26-23-17(16)12-5-4-6-14(20)8-12/h4-6,8-10,22H,3,7H2,1-2H3,(H,21,25). The number of benzene rings is 1. The van der Waals surface area contributed by atoms with Crippen molar-refractivity contribution in [2.24, 2.45) is 0 Å². The smallest absolute Gasteiger partial charge is 0.267 e. The molecule has 6 nitrogen and oxygen atoms in total. The van der Waals surface area contributed by atoms with Crippen LogP contribution in [0.1, 0.15) is 45.5 Å². The third-order valence-electron chi connectivity index (χ3n) is 3.91. The summed E-state index contributed by atoms with van der Waals surface area (Å²) in [4.78, 5) is 27.9. The van der Waals surface area contributed by atoms with E-state index in [9.17, 15) is 9.59 Å². The number of hydrogen-bond donors (Lipinski definition) is 2. The van der Waals surface area contributed by atoms with Crippen molar-refractivity contribution in [2.45, 2.75) is 20.3 Å². The number of hydrogen-bond acceptors (Lipinski definition) is 4. The van der Waals surface area contributed by atoms with E-state index in [0.29, 0.717) is 34.8 Å². The summed E-state index contributed by atoms with van der Waals surface area (Å²) in [6.07, 6.45) is 2.37. The summed E-state index contributed by atoms with van der Waals surface area (Å²) in [5.41, 5.74) is 2.37. The van der Waals surface area contributed by atoms with Crippen molar-refractivity contribution in [3.8, 4) is 11.3 Å². The second-order valence-electron chi connectivity index (χ2n) is 5.86. The highest BCUT2D eigenvalue weighted by Crippen LogP contribution is 2.29. The molecule has 3 aromatic rings. The topological polar surface area (TPSA) is 88.0 Å². The Labute approximate surface area is 159 Å². The lowest BCUT2D eigenvalue weighted by atomic mass is 9.99. The van der Waals surface area contributed by atoms with Crippen LogP contribution in [0.2, 0.25) is 0 Å². The summed E-state index contributed by atoms with van der Waals surface area (Å²) < 4.78 is 6.14. The summed E-state index contributed by atoms with van der Waals surface area (Å²) in [6.45, 7) is 4.25. The van der Waals surface area contributed by atoms with Gasteiger partial charge in [-0.1, -0.05) is 40.1 Å². The summed E-state index contributed by atoms with van der Waals surface area (Å²) >= 11 is 3.42. The van der Waals surface area contributed by atoms with Gasteiger partial charge >= 0.3 is 0 Å². The monoisotopic (exact) mass is 415 g/mol. The molecule has 0 aliphatic heterocycles. The molecule has 0 aliphatic rings. The van der Waals surface area contributed by atoms with Gasteiger partial charge in [0.1, 0.15) is 17.1 Å². The Bertz CT molecular complexity index is 959. The molecular weight excluding hydrogens is 398 g/mol. The van der Waals surface area contributed by atoms with Crippen LogP contribution in [0.3, 0.4) is 0 Å². The highest BCUT2D eigenvalue weighted by atomic mass is 79.9. The fraction of sp³-hybridized carbons (Fsp3) is 0.211. The number of nitrogens with one attached hydrogen (secondary N) is 2. The van der Waals surface area contributed by atoms with E-state index >= 15 is 0 Å². The van der Waals surface area contributed by atoms with Gasteiger partial charge in [0.05, 0.1) is 5.56 Å². The zero-order valence-corrected chi connectivity index (χ0v) is 16.0. The average Bonchev–Trinajstić information content (AvgIpc) is 3.26. The van der Waals surface area contributed by atoms with E-state index in [0.717, 1.165) is 16.5 Å². The van der Waals surface area contributed by atoms with Crippen molar-refractivity contribution < 1.29 is 14.1 Å². The number of H-pyrrole nitrogens is 1. The Morgan fingerprint density at radius 2 is 2.12 bits per heavy atom. The van der Waals surface area contributed by atoms with Gasteiger partial charge in [-0.15, -0.1) is 0 Å². The minimum absolute atomic E-state index is 0.236. The molecule has 1 aromatic carbocycles. The molecule has 3 rings (SSSR count). The molecule has 7 heteroatoms. The Balaban J connectivity index is 1.93. The molecule has 26 heavy (non-hydrogen) atoms. The van der Waals surface area contributed by atoms with E-state index in [1.807, 2.05) is 31.2 Å². The van der Waals surface area contributed by atoms with E-state index in [4.69, 9.17) is 4.52 Å². The summed E-state index contributed by atoms with van der Waals surface area (Å²) in [5.74, 6) is -0.0483. The van der Waals surface area contributed by atoms with Crippen LogP contribution >= 0.6 is 15.9 Å². The maximum atomic E-state index is 13.0. The normalized spacial score (nSPS) is 10.7. The number of rotatable bonds is 6. The van der Waals surface area contributed by atoms with Crippen LogP contribution in [-0.2, 0) is 0 Å². The minimum atomic E-state index is -0.246. The first-order valence-corrected chi connectivity index (χ1v) is 9.04. The summed E-state index contributed by atoms with van der Waals surface area (Å²) in [5, 5.41) is 6.82. The molecule has 134 valence electrons. The van der Waals surface area contributed by atoms with Gasteiger partial charge in [0.2, 0.25) is 0 Å². The molecule has 0 atom stereocenters. The number of amides is 1. The number of halogens is 1. The predicted octanol–water partition coefficient (Wildman–Crippen LogP) is 4.11. The third-order valence-corrected chi connectivity index (χ3v) is 4.41. The first kappa shape index (κ1) is 18.1. The molecular formula is C19H18BrN3O3. The van der Waals surface area contributed by atoms with Crippen molar-refractivity contribution >= 4 is 27.6 Å². The van der Waals surface area contributed by atoms with Crippen LogP contribution in [0, 0.1) is 6.92 Å². The van der Waals surface area contributed by atoms with Gasteiger partial charge in [-0.2, -0.15) is 0 Å². The molecule has 2 heterocycles. The number of aromatic nitrogens is 2. The Kier molecular flexibility index (Phi) is 5.37. The van der Waals surface area contributed by atoms with Crippen LogP contribution in [0.4, 0.5) is 0 Å². The van der Waals surface area contributed by atoms with Crippen molar-refractivity contribution in [1.82, 2.24) is 15.5 Å². The molecule has 0 radical (unpaired) electrons. The zero-order valence-electron chi connectivity index (χ0n) is 14.4. The van der Waals surface area contributed by atoms with E-state index in [1.54, 1.807) is 13.0 Å². The van der Waals surface area contributed by atoms with E-state index in [2.05, 4.69) is 31.4 Å². The van der Waals surface area contributed by atoms with Crippen LogP contribution in [0.25, 0.3) is 11.3 Å². The van der Waals surface area contributed by atoms with Gasteiger partial charge in [0.25, 0.3) is 5.91 Å². The Morgan fingerprint density at radius 1 is 1.31 bits per heavy atom. The third kappa shape index (κ3) is 3.62. The highest BCUT2D eigenvalue weighted by molar-refractivity contribution is 9.10. The molecule has 0 fully saturated rings. The molecule has 0 spiro atoms. The second kappa shape index (κ2) is 7.70. The number of carbonyl (C=O) groups is 2. The Morgan fingerprint density at radius 3 is 2.85 bits per heavy atom. The number of carbonyl (C=O) groups excluding carboxylic acids is 2. The van der Waals surface area contributed by atoms with Crippen molar-refractivity contribution in [1.29, 1.82) is 0 Å². The van der Waals surface area contributed by atoms with Gasteiger partial charge in [0.15, 0.2) is 5.78 Å². The highest BCUT2D eigenvalue weighted by Gasteiger charge is 2.24. The maximum Gasteiger partial charge on any atom is 0.267 e. The molecule has 0 saturated carbocycles. The molecule has 1 amide bonds. The number of ketones is 1. The molecule has 0 saturated heterocycles. The van der Waals surface area contributed by atoms with Crippen molar-refractivity contribution in [3.05, 3.63) is 63.6 Å². The quantitative estimate of drug-likeness (QED) is 0.592. The van der Waals surface area contributed by atoms with Gasteiger partial charge < -0.3 is 14.8 Å². The van der Waals surface area contributed by atoms with Gasteiger partial charge in [-0.3, -0.25) is 9.59 Å². The van der Waals surface area contributed by atoms with Gasteiger partial charge in [0, 0.05) is 28.3 Å². The number of nitrogens with zero attached hydrogens (tertiary/aromatic N) is 1. The first-order chi connectivity index (χ1) is 12.5. The lowest BCUT2D eigenvalue weighted by Gasteiger charge is -2.02. The number of aryl methyl sites for hydroxylation is 1. The Hall–Kier alpha value is -2.67. The van der Waals surface area contributed by atoms with Crippen LogP contribution in [0.15, 0.2) is 45.5 Å². The van der Waals surface area contributed by atoms with E-state index in [1.165, 1.54) is 6.20 Å². The molecule has 2 N–H and O–H groups in total. The first-order valence-electron chi connectivity index (χ1n) is 8.24. The van der Waals surface area contributed by atoms with Crippen molar-refractivity contribution in [3.63, 3.8) is 0 Å². The molecule has 0 unspecified atom stereocenters. The fourth-order valence-electron chi connectivity index (χ4n) is 2.61. The van der Waals surface area contributed by atoms with E-state index < -0.39 is 0 Å². The molecule has 0 bridgehead atoms. The minimum Gasteiger partial charge on any atom is -0.360 e. The van der Waals surface area contributed by atoms with Crippen LogP contribution in [0.5, 0.6) is 0 Å². The fourth-order valence-corrected chi connectivity index (χ4v) is 3.01. The SMILES string of the molecule is CCCNC(=O)c1cc(C(=O)c2c(-c3cccc(Br)c3)noc2C)c[nH]1. The van der Waals surface area contributed by atoms with Gasteiger partial charge in [-0.05, 0) is 31.5 Å². The second-order valence-corrected chi connectivity index (χ2v) is 6.78.